The maximum Gasteiger partial charge on any atom is 0.264 e. The van der Waals surface area contributed by atoms with Gasteiger partial charge in [-0.2, -0.15) is 5.10 Å². The predicted molar refractivity (Wildman–Crippen MR) is 125 cm³/mol. The van der Waals surface area contributed by atoms with E-state index in [1.165, 1.54) is 4.68 Å². The first kappa shape index (κ1) is 21.9. The Hall–Kier alpha value is -3.79. The molecular formula is C21H23N7O2S. The summed E-state index contributed by atoms with van der Waals surface area (Å²) >= 11 is 1.16. The molecular weight excluding hydrogens is 414 g/mol. The molecule has 0 radical (unpaired) electrons. The van der Waals surface area contributed by atoms with Crippen LogP contribution in [-0.2, 0) is 4.79 Å². The summed E-state index contributed by atoms with van der Waals surface area (Å²) in [7, 11) is 0. The fourth-order valence-electron chi connectivity index (χ4n) is 2.48. The largest absolute Gasteiger partial charge is 0.492 e. The lowest BCUT2D eigenvalue weighted by molar-refractivity contribution is -0.113. The Labute approximate surface area is 184 Å². The molecule has 0 spiro atoms. The van der Waals surface area contributed by atoms with Gasteiger partial charge in [-0.15, -0.1) is 10.2 Å². The Kier molecular flexibility index (Phi) is 8.06. The van der Waals surface area contributed by atoms with Crippen LogP contribution in [0.3, 0.4) is 0 Å². The smallest absolute Gasteiger partial charge is 0.264 e. The second kappa shape index (κ2) is 11.4. The predicted octanol–water partition coefficient (Wildman–Crippen LogP) is 3.23. The van der Waals surface area contributed by atoms with E-state index >= 15 is 0 Å². The lowest BCUT2D eigenvalue weighted by atomic mass is 10.2. The number of anilines is 2. The Morgan fingerprint density at radius 3 is 2.77 bits per heavy atom. The number of nitrogen functional groups attached to an aromatic ring is 1. The minimum atomic E-state index is -0.210. The van der Waals surface area contributed by atoms with Crippen LogP contribution in [0.4, 0.5) is 11.6 Å². The summed E-state index contributed by atoms with van der Waals surface area (Å²) in [6, 6.07) is 17.1. The average molecular weight is 438 g/mol. The van der Waals surface area contributed by atoms with E-state index in [0.717, 1.165) is 17.3 Å². The van der Waals surface area contributed by atoms with Crippen LogP contribution >= 0.6 is 11.8 Å². The van der Waals surface area contributed by atoms with Gasteiger partial charge in [0.2, 0.25) is 11.1 Å². The summed E-state index contributed by atoms with van der Waals surface area (Å²) in [5, 5.41) is 15.2. The molecule has 3 rings (SSSR count). The molecule has 0 fully saturated rings. The van der Waals surface area contributed by atoms with Crippen molar-refractivity contribution in [2.24, 2.45) is 5.10 Å². The van der Waals surface area contributed by atoms with Gasteiger partial charge in [0.25, 0.3) is 5.95 Å². The summed E-state index contributed by atoms with van der Waals surface area (Å²) in [6.45, 7) is 2.40. The fraction of sp³-hybridized carbons (Fsp3) is 0.143. The number of carbonyl (C=O) groups is 1. The van der Waals surface area contributed by atoms with Crippen molar-refractivity contribution in [1.29, 1.82) is 0 Å². The van der Waals surface area contributed by atoms with Crippen LogP contribution in [0.5, 0.6) is 5.75 Å². The first-order chi connectivity index (χ1) is 15.2. The van der Waals surface area contributed by atoms with Crippen molar-refractivity contribution >= 4 is 41.6 Å². The molecule has 0 aliphatic heterocycles. The van der Waals surface area contributed by atoms with Crippen LogP contribution in [0, 0.1) is 0 Å². The monoisotopic (exact) mass is 437 g/mol. The number of carbonyl (C=O) groups excluding carboxylic acids is 1. The van der Waals surface area contributed by atoms with Crippen molar-refractivity contribution in [2.75, 3.05) is 28.9 Å². The summed E-state index contributed by atoms with van der Waals surface area (Å²) in [5.41, 5.74) is 4.40. The number of hydrogen-bond acceptors (Lipinski definition) is 8. The van der Waals surface area contributed by atoms with Gasteiger partial charge in [-0.1, -0.05) is 60.3 Å². The van der Waals surface area contributed by atoms with Crippen LogP contribution in [0.15, 0.2) is 70.9 Å². The molecule has 0 saturated heterocycles. The number of nitrogens with zero attached hydrogens (tertiary/aromatic N) is 4. The van der Waals surface area contributed by atoms with Gasteiger partial charge in [0.05, 0.1) is 18.0 Å². The Morgan fingerprint density at radius 1 is 1.19 bits per heavy atom. The number of aromatic nitrogens is 3. The molecule has 0 aliphatic carbocycles. The number of thioether (sulfide) groups is 1. The number of benzene rings is 2. The fourth-order valence-corrected chi connectivity index (χ4v) is 3.13. The van der Waals surface area contributed by atoms with E-state index in [9.17, 15) is 4.79 Å². The van der Waals surface area contributed by atoms with Crippen LogP contribution < -0.4 is 21.3 Å². The van der Waals surface area contributed by atoms with E-state index in [2.05, 4.69) is 26.0 Å². The number of nitrogens with one attached hydrogen (secondary N) is 2. The van der Waals surface area contributed by atoms with Crippen molar-refractivity contribution in [1.82, 2.24) is 14.9 Å². The third-order valence-corrected chi connectivity index (χ3v) is 4.81. The summed E-state index contributed by atoms with van der Waals surface area (Å²) < 4.78 is 6.75. The van der Waals surface area contributed by atoms with Gasteiger partial charge in [0.1, 0.15) is 5.75 Å². The standard InChI is InChI=1S/C21H23N7O2S/c1-2-30-18-13-7-6-12-17(18)24-19(29)15-31-21-27-26-20(28(21)22)25-23-14-8-11-16-9-4-3-5-10-16/h3-14H,2,15,22H2,1H3,(H,24,29)(H,25,26)/b11-8+,23-14+. The van der Waals surface area contributed by atoms with Gasteiger partial charge < -0.3 is 15.9 Å². The molecule has 4 N–H and O–H groups in total. The number of hydrogen-bond donors (Lipinski definition) is 3. The second-order valence-corrected chi connectivity index (χ2v) is 7.04. The summed E-state index contributed by atoms with van der Waals surface area (Å²) in [5.74, 6) is 6.76. The molecule has 0 saturated carbocycles. The van der Waals surface area contributed by atoms with Gasteiger partial charge >= 0.3 is 0 Å². The molecule has 31 heavy (non-hydrogen) atoms. The van der Waals surface area contributed by atoms with Crippen LogP contribution in [-0.4, -0.2) is 39.4 Å². The van der Waals surface area contributed by atoms with Gasteiger partial charge in [-0.25, -0.2) is 10.1 Å². The molecule has 0 atom stereocenters. The van der Waals surface area contributed by atoms with Crippen molar-refractivity contribution in [3.05, 3.63) is 66.2 Å². The van der Waals surface area contributed by atoms with Crippen LogP contribution in [0.25, 0.3) is 6.08 Å². The molecule has 10 heteroatoms. The first-order valence-electron chi connectivity index (χ1n) is 9.53. The van der Waals surface area contributed by atoms with E-state index in [1.807, 2.05) is 55.5 Å². The highest BCUT2D eigenvalue weighted by molar-refractivity contribution is 7.99. The molecule has 9 nitrogen and oxygen atoms in total. The quantitative estimate of drug-likeness (QED) is 0.193. The molecule has 0 unspecified atom stereocenters. The zero-order chi connectivity index (χ0) is 21.9. The molecule has 0 aliphatic rings. The van der Waals surface area contributed by atoms with Gasteiger partial charge in [0.15, 0.2) is 0 Å². The third-order valence-electron chi connectivity index (χ3n) is 3.87. The highest BCUT2D eigenvalue weighted by Gasteiger charge is 2.13. The third kappa shape index (κ3) is 6.61. The SMILES string of the molecule is CCOc1ccccc1NC(=O)CSc1nnc(N/N=C/C=C/c2ccccc2)n1N. The van der Waals surface area contributed by atoms with Gasteiger partial charge in [0, 0.05) is 6.21 Å². The number of nitrogens with two attached hydrogens (primary N) is 1. The number of amides is 1. The molecule has 1 aromatic heterocycles. The van der Waals surface area contributed by atoms with Crippen LogP contribution in [0.2, 0.25) is 0 Å². The first-order valence-corrected chi connectivity index (χ1v) is 10.5. The maximum atomic E-state index is 12.3. The number of hydrazone groups is 1. The minimum absolute atomic E-state index is 0.110. The topological polar surface area (TPSA) is 119 Å². The van der Waals surface area contributed by atoms with Crippen molar-refractivity contribution < 1.29 is 9.53 Å². The second-order valence-electron chi connectivity index (χ2n) is 6.10. The molecule has 3 aromatic rings. The van der Waals surface area contributed by atoms with E-state index in [0.29, 0.717) is 23.2 Å². The maximum absolute atomic E-state index is 12.3. The lowest BCUT2D eigenvalue weighted by Crippen LogP contribution is -2.17. The van der Waals surface area contributed by atoms with E-state index in [1.54, 1.807) is 24.4 Å². The number of ether oxygens (including phenoxy) is 1. The number of para-hydroxylation sites is 2. The molecule has 160 valence electrons. The molecule has 0 bridgehead atoms. The Bertz CT molecular complexity index is 1050. The lowest BCUT2D eigenvalue weighted by Gasteiger charge is -2.10. The normalized spacial score (nSPS) is 11.1. The highest BCUT2D eigenvalue weighted by Crippen LogP contribution is 2.24. The average Bonchev–Trinajstić information content (AvgIpc) is 3.14. The molecule has 1 heterocycles. The zero-order valence-electron chi connectivity index (χ0n) is 16.9. The number of allylic oxidation sites excluding steroid dienone is 1. The van der Waals surface area contributed by atoms with Gasteiger partial charge in [-0.05, 0) is 30.7 Å². The minimum Gasteiger partial charge on any atom is -0.492 e. The summed E-state index contributed by atoms with van der Waals surface area (Å²) in [6.07, 6.45) is 5.29. The van der Waals surface area contributed by atoms with Crippen molar-refractivity contribution in [3.63, 3.8) is 0 Å². The summed E-state index contributed by atoms with van der Waals surface area (Å²) in [4.78, 5) is 12.3. The van der Waals surface area contributed by atoms with E-state index in [-0.39, 0.29) is 17.6 Å². The molecule has 1 amide bonds. The van der Waals surface area contributed by atoms with Gasteiger partial charge in [-0.3, -0.25) is 4.79 Å². The highest BCUT2D eigenvalue weighted by atomic mass is 32.2. The van der Waals surface area contributed by atoms with E-state index < -0.39 is 0 Å². The van der Waals surface area contributed by atoms with Crippen molar-refractivity contribution in [2.45, 2.75) is 12.1 Å². The number of rotatable bonds is 10. The Balaban J connectivity index is 1.49. The Morgan fingerprint density at radius 2 is 1.97 bits per heavy atom. The van der Waals surface area contributed by atoms with Crippen LogP contribution in [0.1, 0.15) is 12.5 Å². The molecule has 2 aromatic carbocycles. The van der Waals surface area contributed by atoms with E-state index in [4.69, 9.17) is 10.6 Å². The zero-order valence-corrected chi connectivity index (χ0v) is 17.7. The van der Waals surface area contributed by atoms with Crippen molar-refractivity contribution in [3.8, 4) is 5.75 Å².